The van der Waals surface area contributed by atoms with E-state index in [0.29, 0.717) is 10.8 Å². The number of thioether (sulfide) groups is 1. The number of aliphatic carboxylic acids is 1. The maximum Gasteiger partial charge on any atom is 0.304 e. The fourth-order valence-corrected chi connectivity index (χ4v) is 2.15. The number of carboxylic acid groups (broad SMARTS) is 1. The van der Waals surface area contributed by atoms with Crippen molar-refractivity contribution in [1.82, 2.24) is 4.98 Å². The molecule has 0 atom stereocenters. The van der Waals surface area contributed by atoms with Gasteiger partial charge in [0.2, 0.25) is 5.91 Å². The molecule has 0 saturated carbocycles. The molecule has 0 spiro atoms. The molecule has 98 valence electrons. The molecular formula is C10H10Cl2N2O3S. The van der Waals surface area contributed by atoms with Crippen LogP contribution in [0, 0.1) is 0 Å². The normalized spacial score (nSPS) is 10.1. The summed E-state index contributed by atoms with van der Waals surface area (Å²) in [6.07, 6.45) is 1.40. The van der Waals surface area contributed by atoms with Gasteiger partial charge in [0.15, 0.2) is 5.82 Å². The van der Waals surface area contributed by atoms with Crippen LogP contribution in [0.3, 0.4) is 0 Å². The van der Waals surface area contributed by atoms with Crippen LogP contribution in [0.25, 0.3) is 0 Å². The first-order valence-corrected chi connectivity index (χ1v) is 6.80. The van der Waals surface area contributed by atoms with Crippen molar-refractivity contribution in [2.75, 3.05) is 16.8 Å². The standard InChI is InChI=1S/C10H10Cl2N2O3S/c11-6-3-7(12)10(13-4-6)14-8(15)5-18-2-1-9(16)17/h3-4H,1-2,5H2,(H,16,17)(H,13,14,15). The summed E-state index contributed by atoms with van der Waals surface area (Å²) in [6, 6.07) is 1.48. The van der Waals surface area contributed by atoms with Gasteiger partial charge in [0, 0.05) is 11.9 Å². The fraction of sp³-hybridized carbons (Fsp3) is 0.300. The lowest BCUT2D eigenvalue weighted by molar-refractivity contribution is -0.136. The van der Waals surface area contributed by atoms with Gasteiger partial charge >= 0.3 is 5.97 Å². The van der Waals surface area contributed by atoms with E-state index in [1.807, 2.05) is 0 Å². The van der Waals surface area contributed by atoms with E-state index in [2.05, 4.69) is 10.3 Å². The highest BCUT2D eigenvalue weighted by Crippen LogP contribution is 2.22. The second kappa shape index (κ2) is 7.45. The van der Waals surface area contributed by atoms with Crippen LogP contribution in [0.1, 0.15) is 6.42 Å². The van der Waals surface area contributed by atoms with Gasteiger partial charge in [0.1, 0.15) is 0 Å². The summed E-state index contributed by atoms with van der Waals surface area (Å²) in [5, 5.41) is 11.6. The summed E-state index contributed by atoms with van der Waals surface area (Å²) in [6.45, 7) is 0. The quantitative estimate of drug-likeness (QED) is 0.789. The lowest BCUT2D eigenvalue weighted by Gasteiger charge is -2.05. The van der Waals surface area contributed by atoms with Crippen molar-refractivity contribution in [3.8, 4) is 0 Å². The van der Waals surface area contributed by atoms with E-state index >= 15 is 0 Å². The molecule has 2 N–H and O–H groups in total. The molecule has 0 bridgehead atoms. The van der Waals surface area contributed by atoms with E-state index in [9.17, 15) is 9.59 Å². The van der Waals surface area contributed by atoms with Gasteiger partial charge in [0.25, 0.3) is 0 Å². The van der Waals surface area contributed by atoms with Gasteiger partial charge in [-0.15, -0.1) is 0 Å². The van der Waals surface area contributed by atoms with Crippen LogP contribution in [-0.2, 0) is 9.59 Å². The highest BCUT2D eigenvalue weighted by Gasteiger charge is 2.08. The average molecular weight is 309 g/mol. The van der Waals surface area contributed by atoms with Crippen LogP contribution in [0.5, 0.6) is 0 Å². The van der Waals surface area contributed by atoms with E-state index in [1.54, 1.807) is 0 Å². The van der Waals surface area contributed by atoms with E-state index in [-0.39, 0.29) is 28.9 Å². The Kier molecular flexibility index (Phi) is 6.24. The molecule has 8 heteroatoms. The van der Waals surface area contributed by atoms with Crippen LogP contribution in [-0.4, -0.2) is 33.5 Å². The van der Waals surface area contributed by atoms with Crippen molar-refractivity contribution in [3.05, 3.63) is 22.3 Å². The average Bonchev–Trinajstić information content (AvgIpc) is 2.28. The minimum absolute atomic E-state index is 0.0257. The van der Waals surface area contributed by atoms with Gasteiger partial charge in [-0.25, -0.2) is 4.98 Å². The Morgan fingerprint density at radius 1 is 1.44 bits per heavy atom. The van der Waals surface area contributed by atoms with E-state index in [4.69, 9.17) is 28.3 Å². The van der Waals surface area contributed by atoms with Crippen molar-refractivity contribution < 1.29 is 14.7 Å². The Balaban J connectivity index is 2.38. The molecule has 5 nitrogen and oxygen atoms in total. The van der Waals surface area contributed by atoms with Crippen LogP contribution in [0.4, 0.5) is 5.82 Å². The number of rotatable bonds is 6. The number of carboxylic acids is 1. The predicted octanol–water partition coefficient (Wildman–Crippen LogP) is 2.53. The SMILES string of the molecule is O=C(O)CCSCC(=O)Nc1ncc(Cl)cc1Cl. The number of halogens is 2. The molecular weight excluding hydrogens is 299 g/mol. The molecule has 0 saturated heterocycles. The minimum Gasteiger partial charge on any atom is -0.481 e. The zero-order chi connectivity index (χ0) is 13.5. The van der Waals surface area contributed by atoms with Gasteiger partial charge in [-0.1, -0.05) is 23.2 Å². The van der Waals surface area contributed by atoms with Crippen molar-refractivity contribution in [2.45, 2.75) is 6.42 Å². The first-order valence-electron chi connectivity index (χ1n) is 4.89. The van der Waals surface area contributed by atoms with Gasteiger partial charge in [0.05, 0.1) is 22.2 Å². The van der Waals surface area contributed by atoms with Crippen LogP contribution in [0.15, 0.2) is 12.3 Å². The number of hydrogen-bond donors (Lipinski definition) is 2. The van der Waals surface area contributed by atoms with E-state index < -0.39 is 5.97 Å². The minimum atomic E-state index is -0.884. The third kappa shape index (κ3) is 5.57. The predicted molar refractivity (Wildman–Crippen MR) is 72.5 cm³/mol. The Morgan fingerprint density at radius 3 is 2.78 bits per heavy atom. The molecule has 1 rings (SSSR count). The summed E-state index contributed by atoms with van der Waals surface area (Å²) in [4.78, 5) is 25.6. The molecule has 0 fully saturated rings. The molecule has 1 amide bonds. The molecule has 18 heavy (non-hydrogen) atoms. The van der Waals surface area contributed by atoms with Crippen LogP contribution >= 0.6 is 35.0 Å². The maximum atomic E-state index is 11.5. The van der Waals surface area contributed by atoms with E-state index in [1.165, 1.54) is 24.0 Å². The number of carbonyl (C=O) groups is 2. The number of carbonyl (C=O) groups excluding carboxylic acids is 1. The monoisotopic (exact) mass is 308 g/mol. The first-order chi connectivity index (χ1) is 8.49. The number of nitrogens with zero attached hydrogens (tertiary/aromatic N) is 1. The summed E-state index contributed by atoms with van der Waals surface area (Å²) in [5.41, 5.74) is 0. The zero-order valence-corrected chi connectivity index (χ0v) is 11.5. The highest BCUT2D eigenvalue weighted by atomic mass is 35.5. The molecule has 1 heterocycles. The number of anilines is 1. The smallest absolute Gasteiger partial charge is 0.304 e. The molecule has 0 aliphatic heterocycles. The number of hydrogen-bond acceptors (Lipinski definition) is 4. The number of nitrogens with one attached hydrogen (secondary N) is 1. The lowest BCUT2D eigenvalue weighted by Crippen LogP contribution is -2.15. The largest absolute Gasteiger partial charge is 0.481 e. The molecule has 0 radical (unpaired) electrons. The maximum absolute atomic E-state index is 11.5. The van der Waals surface area contributed by atoms with Crippen LogP contribution < -0.4 is 5.32 Å². The van der Waals surface area contributed by atoms with Gasteiger partial charge < -0.3 is 10.4 Å². The Bertz CT molecular complexity index is 457. The summed E-state index contributed by atoms with van der Waals surface area (Å²) in [7, 11) is 0. The summed E-state index contributed by atoms with van der Waals surface area (Å²) in [5.74, 6) is -0.407. The Hall–Kier alpha value is -0.980. The summed E-state index contributed by atoms with van der Waals surface area (Å²) >= 11 is 12.7. The highest BCUT2D eigenvalue weighted by molar-refractivity contribution is 7.99. The Morgan fingerprint density at radius 2 is 2.17 bits per heavy atom. The second-order valence-electron chi connectivity index (χ2n) is 3.23. The molecule has 1 aromatic heterocycles. The lowest BCUT2D eigenvalue weighted by atomic mass is 10.4. The van der Waals surface area contributed by atoms with Crippen molar-refractivity contribution in [3.63, 3.8) is 0 Å². The Labute approximate surface area is 118 Å². The van der Waals surface area contributed by atoms with Crippen LogP contribution in [0.2, 0.25) is 10.0 Å². The molecule has 0 aromatic carbocycles. The fourth-order valence-electron chi connectivity index (χ4n) is 0.999. The van der Waals surface area contributed by atoms with E-state index in [0.717, 1.165) is 0 Å². The second-order valence-corrected chi connectivity index (χ2v) is 5.18. The third-order valence-corrected chi connectivity index (χ3v) is 3.21. The molecule has 0 aliphatic rings. The zero-order valence-electron chi connectivity index (χ0n) is 9.15. The molecule has 0 unspecified atom stereocenters. The number of aromatic nitrogens is 1. The molecule has 1 aromatic rings. The third-order valence-electron chi connectivity index (χ3n) is 1.76. The summed E-state index contributed by atoms with van der Waals surface area (Å²) < 4.78 is 0. The number of pyridine rings is 1. The topological polar surface area (TPSA) is 79.3 Å². The van der Waals surface area contributed by atoms with Gasteiger partial charge in [-0.05, 0) is 6.07 Å². The van der Waals surface area contributed by atoms with Crippen molar-refractivity contribution >= 4 is 52.7 Å². The van der Waals surface area contributed by atoms with Gasteiger partial charge in [-0.2, -0.15) is 11.8 Å². The van der Waals surface area contributed by atoms with Gasteiger partial charge in [-0.3, -0.25) is 9.59 Å². The number of amides is 1. The molecule has 0 aliphatic carbocycles. The first kappa shape index (κ1) is 15.1. The van der Waals surface area contributed by atoms with Crippen molar-refractivity contribution in [1.29, 1.82) is 0 Å². The van der Waals surface area contributed by atoms with Crippen molar-refractivity contribution in [2.24, 2.45) is 0 Å².